The van der Waals surface area contributed by atoms with Gasteiger partial charge in [0.1, 0.15) is 26.5 Å². The van der Waals surface area contributed by atoms with E-state index in [1.807, 2.05) is 10.1 Å². The molecule has 22 nitrogen and oxygen atoms in total. The quantitative estimate of drug-likeness (QED) is 0.0135. The highest BCUT2D eigenvalue weighted by molar-refractivity contribution is 5.87. The van der Waals surface area contributed by atoms with Gasteiger partial charge in [-0.2, -0.15) is 43.9 Å². The Balaban J connectivity index is -0.0000000807. The van der Waals surface area contributed by atoms with Gasteiger partial charge < -0.3 is 44.4 Å². The molecule has 0 rings (SSSR count). The molecule has 0 aromatic carbocycles. The first-order valence-electron chi connectivity index (χ1n) is 21.8. The summed E-state index contributed by atoms with van der Waals surface area (Å²) in [6.07, 6.45) is -46.7. The summed E-state index contributed by atoms with van der Waals surface area (Å²) in [5, 5.41) is 6.64. The van der Waals surface area contributed by atoms with Crippen LogP contribution in [0.4, 0.5) is 102 Å². The van der Waals surface area contributed by atoms with Crippen LogP contribution in [0.15, 0.2) is 24.3 Å². The molecular weight excluding hydrogens is 1300 g/mol. The van der Waals surface area contributed by atoms with E-state index in [1.165, 1.54) is 33.0 Å². The molecule has 0 aliphatic rings. The van der Waals surface area contributed by atoms with E-state index in [2.05, 4.69) is 75.9 Å². The summed E-state index contributed by atoms with van der Waals surface area (Å²) >= 11 is 0. The van der Waals surface area contributed by atoms with Crippen LogP contribution in [-0.2, 0) is 76.2 Å². The lowest BCUT2D eigenvalue weighted by Crippen LogP contribution is -2.53. The van der Waals surface area contributed by atoms with E-state index >= 15 is 0 Å². The molecule has 0 heterocycles. The number of nitrogens with one attached hydrogen (secondary N) is 3. The van der Waals surface area contributed by atoms with Gasteiger partial charge in [-0.1, -0.05) is 91.8 Å². The molecule has 0 aliphatic heterocycles. The van der Waals surface area contributed by atoms with Crippen LogP contribution in [0.25, 0.3) is 0 Å². The van der Waals surface area contributed by atoms with E-state index in [4.69, 9.17) is 0 Å². The van der Waals surface area contributed by atoms with Gasteiger partial charge in [0.2, 0.25) is 0 Å². The lowest BCUT2D eigenvalue weighted by atomic mass is 10.1. The second-order valence-electron chi connectivity index (χ2n) is 13.9. The normalized spacial score (nSPS) is 10.8. The zero-order valence-corrected chi connectivity index (χ0v) is 43.5. The van der Waals surface area contributed by atoms with Crippen molar-refractivity contribution in [2.24, 2.45) is 0 Å². The van der Waals surface area contributed by atoms with Crippen molar-refractivity contribution in [3.8, 4) is 0 Å². The number of carbonyl (C=O) groups excluding carboxylic acids is 6. The van der Waals surface area contributed by atoms with E-state index in [-0.39, 0.29) is 131 Å². The Morgan fingerprint density at radius 1 is 0.444 bits per heavy atom. The van der Waals surface area contributed by atoms with Gasteiger partial charge in [0.05, 0.1) is 34.0 Å². The highest BCUT2D eigenvalue weighted by atomic mass is 19.4. The fraction of sp³-hybridized carbons (Fsp3) is 0.792. The van der Waals surface area contributed by atoms with Crippen molar-refractivity contribution in [3.05, 3.63) is 24.3 Å². The number of alkyl carbamates (subject to hydrolysis) is 3. The first kappa shape index (κ1) is 115. The van der Waals surface area contributed by atoms with Gasteiger partial charge in [0.25, 0.3) is 0 Å². The maximum absolute atomic E-state index is 13.3. The molecule has 3 N–H and O–H groups in total. The van der Waals surface area contributed by atoms with Crippen LogP contribution < -0.4 is 16.0 Å². The average Bonchev–Trinajstić information content (AvgIpc) is 3.34. The van der Waals surface area contributed by atoms with Crippen molar-refractivity contribution in [2.45, 2.75) is 168 Å². The lowest BCUT2D eigenvalue weighted by Gasteiger charge is -2.30. The summed E-state index contributed by atoms with van der Waals surface area (Å²) in [5.74, 6) is -1.34. The van der Waals surface area contributed by atoms with Gasteiger partial charge in [0, 0.05) is 31.2 Å². The predicted molar refractivity (Wildman–Crippen MR) is 282 cm³/mol. The average molecular weight is 1390 g/mol. The molecule has 90 heavy (non-hydrogen) atoms. The molecule has 0 saturated carbocycles. The van der Waals surface area contributed by atoms with E-state index in [0.29, 0.717) is 37.7 Å². The van der Waals surface area contributed by atoms with Gasteiger partial charge in [-0.25, -0.2) is 51.7 Å². The molecule has 0 unspecified atom stereocenters. The molecule has 0 bridgehead atoms. The highest BCUT2D eigenvalue weighted by Crippen LogP contribution is 2.44. The SMILES string of the molecule is C.C.C.C.C.C.C.C.C=C(C)C(=O)OCCNC(=O)OC.C=C(C)C(=O)OCCNC(=O)OCCF.CCF.COC(=O)CCCCCCCNC(=O)OCC(F)(F)OC(F)(F)C(F)(F)OC(F)(F)OC.FCOC(F)(F)OC(F)(F)OC(F)(F)C(F)(F)OF. The maximum Gasteiger partial charge on any atom is 0.497 e. The second-order valence-corrected chi connectivity index (χ2v) is 13.9. The summed E-state index contributed by atoms with van der Waals surface area (Å²) in [5.41, 5.74) is 0.619. The molecule has 0 atom stereocenters. The van der Waals surface area contributed by atoms with Crippen molar-refractivity contribution in [3.63, 3.8) is 0 Å². The first-order valence-corrected chi connectivity index (χ1v) is 21.8. The fourth-order valence-corrected chi connectivity index (χ4v) is 3.54. The van der Waals surface area contributed by atoms with Crippen molar-refractivity contribution in [1.29, 1.82) is 0 Å². The van der Waals surface area contributed by atoms with Gasteiger partial charge in [-0.15, -0.1) is 31.3 Å². The number of alkyl halides is 19. The Hall–Kier alpha value is -5.98. The third kappa shape index (κ3) is 62.2. The number of methoxy groups -OCH3 is 3. The Morgan fingerprint density at radius 2 is 0.822 bits per heavy atom. The maximum atomic E-state index is 13.3. The third-order valence-electron chi connectivity index (χ3n) is 7.07. The van der Waals surface area contributed by atoms with Gasteiger partial charge in [0.15, 0.2) is 13.5 Å². The Labute approximate surface area is 510 Å². The number of amides is 3. The lowest BCUT2D eigenvalue weighted by molar-refractivity contribution is -0.587. The number of hydrogen-bond donors (Lipinski definition) is 3. The van der Waals surface area contributed by atoms with Crippen LogP contribution in [0.1, 0.15) is 119 Å². The van der Waals surface area contributed by atoms with E-state index in [9.17, 15) is 117 Å². The third-order valence-corrected chi connectivity index (χ3v) is 7.07. The Kier molecular flexibility index (Phi) is 74.2. The van der Waals surface area contributed by atoms with Crippen molar-refractivity contribution < 1.29 is 178 Å². The molecule has 0 saturated heterocycles. The summed E-state index contributed by atoms with van der Waals surface area (Å²) in [6.45, 7) is 5.88. The molecule has 3 amide bonds. The van der Waals surface area contributed by atoms with Crippen LogP contribution in [0.5, 0.6) is 0 Å². The predicted octanol–water partition coefficient (Wildman–Crippen LogP) is 14.7. The number of halogens is 20. The molecule has 0 fully saturated rings. The molecule has 42 heteroatoms. The first-order chi connectivity index (χ1) is 37.4. The van der Waals surface area contributed by atoms with Crippen LogP contribution >= 0.6 is 0 Å². The van der Waals surface area contributed by atoms with Crippen LogP contribution in [0, 0.1) is 0 Å². The number of esters is 3. The minimum Gasteiger partial charge on any atom is -0.469 e. The molecule has 550 valence electrons. The largest absolute Gasteiger partial charge is 0.497 e. The van der Waals surface area contributed by atoms with Gasteiger partial charge >= 0.3 is 85.6 Å². The van der Waals surface area contributed by atoms with Crippen LogP contribution in [0.2, 0.25) is 0 Å². The van der Waals surface area contributed by atoms with Gasteiger partial charge in [-0.05, 0) is 38.1 Å². The standard InChI is InChI=1S/C16H23F8NO7.C9H14FNO4.C8H13NO4.C5H2F10O4.C2H5F.8CH4/c1-28-11(26)8-6-4-3-5-7-9-25-12(27)30-10-13(17,18)31-14(19,20)15(21,22)32-16(23,24)29-2;1-7(2)8(12)14-6-4-11-9(13)15-5-3-10;1-6(2)7(10)13-5-4-9-8(11)12-3;6-1-16-4(11,12)18-5(13,14)17-2(7,8)3(9,10)19-15;1-2-3;;;;;;;;/h3-10H2,1-2H3,(H,25,27);1,3-6H2,2H3,(H,11,13);1,4-5H2,2-3H3,(H,9,11);1H2;2H2,1H3;8*1H4. The highest BCUT2D eigenvalue weighted by Gasteiger charge is 2.69. The summed E-state index contributed by atoms with van der Waals surface area (Å²) in [4.78, 5) is 66.4. The summed E-state index contributed by atoms with van der Waals surface area (Å²) in [7, 11) is 2.64. The second kappa shape index (κ2) is 58.1. The molecule has 0 radical (unpaired) electrons. The van der Waals surface area contributed by atoms with Crippen molar-refractivity contribution in [1.82, 2.24) is 16.0 Å². The van der Waals surface area contributed by atoms with E-state index in [1.54, 1.807) is 6.92 Å². The molecule has 0 aliphatic carbocycles. The molecular formula is C48H89F20N3O19. The smallest absolute Gasteiger partial charge is 0.469 e. The summed E-state index contributed by atoms with van der Waals surface area (Å²) < 4.78 is 286. The summed E-state index contributed by atoms with van der Waals surface area (Å²) in [6, 6.07) is 0. The van der Waals surface area contributed by atoms with Crippen LogP contribution in [-0.4, -0.2) is 173 Å². The zero-order chi connectivity index (χ0) is 65.2. The minimum atomic E-state index is -6.39. The number of unbranched alkanes of at least 4 members (excludes halogenated alkanes) is 4. The fourth-order valence-electron chi connectivity index (χ4n) is 3.54. The molecule has 0 aromatic rings. The Bertz CT molecular complexity index is 1870. The topological polar surface area (TPSA) is 258 Å². The minimum absolute atomic E-state index is 0. The monoisotopic (exact) mass is 1390 g/mol. The van der Waals surface area contributed by atoms with Crippen molar-refractivity contribution >= 4 is 36.2 Å². The van der Waals surface area contributed by atoms with E-state index in [0.717, 1.165) is 0 Å². The Morgan fingerprint density at radius 3 is 1.21 bits per heavy atom. The number of carbonyl (C=O) groups is 6. The van der Waals surface area contributed by atoms with Gasteiger partial charge in [-0.3, -0.25) is 18.7 Å². The van der Waals surface area contributed by atoms with Crippen molar-refractivity contribution in [2.75, 3.05) is 87.6 Å². The zero-order valence-electron chi connectivity index (χ0n) is 43.5. The van der Waals surface area contributed by atoms with Crippen LogP contribution in [0.3, 0.4) is 0 Å². The number of rotatable bonds is 34. The molecule has 0 spiro atoms. The number of ether oxygens (including phenoxy) is 12. The number of hydrogen-bond acceptors (Lipinski definition) is 19. The molecule has 0 aromatic heterocycles. The van der Waals surface area contributed by atoms with E-state index < -0.39 is 99.8 Å².